The van der Waals surface area contributed by atoms with Gasteiger partial charge in [0.1, 0.15) is 5.82 Å². The molecule has 0 spiro atoms. The van der Waals surface area contributed by atoms with Crippen LogP contribution in [-0.2, 0) is 9.47 Å². The fourth-order valence-corrected chi connectivity index (χ4v) is 5.72. The molecule has 0 bridgehead atoms. The van der Waals surface area contributed by atoms with Crippen molar-refractivity contribution in [3.05, 3.63) is 60.0 Å². The highest BCUT2D eigenvalue weighted by atomic mass is 16.5. The van der Waals surface area contributed by atoms with Gasteiger partial charge in [-0.05, 0) is 60.7 Å². The molecule has 214 valence electrons. The molecule has 2 aliphatic heterocycles. The molecule has 0 radical (unpaired) electrons. The number of rotatable bonds is 7. The monoisotopic (exact) mass is 556 g/mol. The van der Waals surface area contributed by atoms with E-state index in [1.54, 1.807) is 10.7 Å². The first-order chi connectivity index (χ1) is 19.9. The minimum absolute atomic E-state index is 0.0308. The SMILES string of the molecule is CC(C)c1nn(-c2cccc(N3CCOCC3)c2)c2nc(C(=O)O)cc(-c3ccc(N(C)C4CCOCC4)nc3)c12. The van der Waals surface area contributed by atoms with Crippen LogP contribution in [0, 0.1) is 0 Å². The maximum atomic E-state index is 12.3. The van der Waals surface area contributed by atoms with Crippen molar-refractivity contribution in [1.29, 1.82) is 0 Å². The van der Waals surface area contributed by atoms with Crippen LogP contribution in [0.25, 0.3) is 27.8 Å². The highest BCUT2D eigenvalue weighted by Gasteiger charge is 2.24. The summed E-state index contributed by atoms with van der Waals surface area (Å²) in [5.74, 6) is -0.119. The van der Waals surface area contributed by atoms with Crippen LogP contribution in [0.15, 0.2) is 48.7 Å². The number of carboxylic acid groups (broad SMARTS) is 1. The first-order valence-electron chi connectivity index (χ1n) is 14.3. The van der Waals surface area contributed by atoms with Crippen LogP contribution in [-0.4, -0.2) is 83.4 Å². The maximum absolute atomic E-state index is 12.3. The second-order valence-electron chi connectivity index (χ2n) is 11.0. The summed E-state index contributed by atoms with van der Waals surface area (Å²) in [5, 5.41) is 15.9. The quantitative estimate of drug-likeness (QED) is 0.345. The summed E-state index contributed by atoms with van der Waals surface area (Å²) in [5.41, 5.74) is 4.84. The van der Waals surface area contributed by atoms with E-state index in [4.69, 9.17) is 19.6 Å². The van der Waals surface area contributed by atoms with Crippen LogP contribution >= 0.6 is 0 Å². The number of aromatic nitrogens is 4. The van der Waals surface area contributed by atoms with E-state index in [-0.39, 0.29) is 11.6 Å². The van der Waals surface area contributed by atoms with Gasteiger partial charge in [-0.3, -0.25) is 0 Å². The predicted molar refractivity (Wildman–Crippen MR) is 158 cm³/mol. The van der Waals surface area contributed by atoms with Crippen LogP contribution in [0.5, 0.6) is 0 Å². The molecule has 2 saturated heterocycles. The third kappa shape index (κ3) is 5.37. The number of carboxylic acids is 1. The second kappa shape index (κ2) is 11.5. The van der Waals surface area contributed by atoms with Gasteiger partial charge in [0.05, 0.1) is 30.0 Å². The Morgan fingerprint density at radius 2 is 1.76 bits per heavy atom. The zero-order valence-corrected chi connectivity index (χ0v) is 23.8. The zero-order chi connectivity index (χ0) is 28.5. The summed E-state index contributed by atoms with van der Waals surface area (Å²) in [6, 6.07) is 14.2. The van der Waals surface area contributed by atoms with E-state index >= 15 is 0 Å². The number of hydrogen-bond acceptors (Lipinski definition) is 8. The van der Waals surface area contributed by atoms with E-state index in [2.05, 4.69) is 47.8 Å². The first-order valence-corrected chi connectivity index (χ1v) is 14.3. The van der Waals surface area contributed by atoms with Crippen molar-refractivity contribution in [2.24, 2.45) is 0 Å². The fourth-order valence-electron chi connectivity index (χ4n) is 5.72. The normalized spacial score (nSPS) is 16.4. The summed E-state index contributed by atoms with van der Waals surface area (Å²) in [6.45, 7) is 8.73. The third-order valence-electron chi connectivity index (χ3n) is 8.04. The zero-order valence-electron chi connectivity index (χ0n) is 23.8. The van der Waals surface area contributed by atoms with E-state index in [9.17, 15) is 9.90 Å². The van der Waals surface area contributed by atoms with Crippen molar-refractivity contribution in [1.82, 2.24) is 19.7 Å². The molecule has 4 aromatic rings. The Kier molecular flexibility index (Phi) is 7.59. The molecule has 2 fully saturated rings. The Balaban J connectivity index is 1.46. The molecule has 0 unspecified atom stereocenters. The van der Waals surface area contributed by atoms with Crippen molar-refractivity contribution in [2.45, 2.75) is 38.6 Å². The molecule has 10 nitrogen and oxygen atoms in total. The van der Waals surface area contributed by atoms with Gasteiger partial charge in [0.15, 0.2) is 11.3 Å². The van der Waals surface area contributed by atoms with Gasteiger partial charge >= 0.3 is 5.97 Å². The number of hydrogen-bond donors (Lipinski definition) is 1. The van der Waals surface area contributed by atoms with Gasteiger partial charge in [-0.25, -0.2) is 19.4 Å². The molecule has 3 aromatic heterocycles. The molecule has 5 heterocycles. The smallest absolute Gasteiger partial charge is 0.354 e. The maximum Gasteiger partial charge on any atom is 0.354 e. The number of pyridine rings is 2. The predicted octanol–water partition coefficient (Wildman–Crippen LogP) is 4.76. The lowest BCUT2D eigenvalue weighted by molar-refractivity contribution is 0.0691. The largest absolute Gasteiger partial charge is 0.477 e. The summed E-state index contributed by atoms with van der Waals surface area (Å²) in [4.78, 5) is 26.1. The van der Waals surface area contributed by atoms with Crippen LogP contribution in [0.3, 0.4) is 0 Å². The van der Waals surface area contributed by atoms with Crippen molar-refractivity contribution in [3.63, 3.8) is 0 Å². The molecule has 1 N–H and O–H groups in total. The molecule has 0 atom stereocenters. The van der Waals surface area contributed by atoms with Gasteiger partial charge in [-0.2, -0.15) is 5.10 Å². The molecular weight excluding hydrogens is 520 g/mol. The number of morpholine rings is 1. The van der Waals surface area contributed by atoms with E-state index in [1.807, 2.05) is 30.5 Å². The van der Waals surface area contributed by atoms with E-state index in [0.717, 1.165) is 78.5 Å². The highest BCUT2D eigenvalue weighted by molar-refractivity contribution is 6.00. The van der Waals surface area contributed by atoms with Gasteiger partial charge in [0.2, 0.25) is 0 Å². The number of aromatic carboxylic acids is 1. The lowest BCUT2D eigenvalue weighted by atomic mass is 9.98. The van der Waals surface area contributed by atoms with Crippen molar-refractivity contribution >= 4 is 28.5 Å². The number of fused-ring (bicyclic) bond motifs is 1. The van der Waals surface area contributed by atoms with E-state index < -0.39 is 5.97 Å². The Morgan fingerprint density at radius 1 is 1.02 bits per heavy atom. The standard InChI is InChI=1S/C31H36N6O4/c1-20(2)29-28-25(21-7-8-27(32-19-21)35(3)22-9-13-40-14-10-22)18-26(31(38)39)33-30(28)37(34-29)24-6-4-5-23(17-24)36-11-15-41-16-12-36/h4-8,17-20,22H,9-16H2,1-3H3,(H,38,39). The molecule has 10 heteroatoms. The van der Waals surface area contributed by atoms with Crippen LogP contribution in [0.2, 0.25) is 0 Å². The Bertz CT molecular complexity index is 1540. The molecule has 0 amide bonds. The summed E-state index contributed by atoms with van der Waals surface area (Å²) in [7, 11) is 2.07. The van der Waals surface area contributed by atoms with Gasteiger partial charge in [0, 0.05) is 56.8 Å². The number of anilines is 2. The van der Waals surface area contributed by atoms with E-state index in [1.165, 1.54) is 0 Å². The Labute approximate surface area is 239 Å². The molecule has 0 aliphatic carbocycles. The fraction of sp³-hybridized carbons (Fsp3) is 0.419. The third-order valence-corrected chi connectivity index (χ3v) is 8.04. The average Bonchev–Trinajstić information content (AvgIpc) is 3.41. The van der Waals surface area contributed by atoms with Crippen molar-refractivity contribution in [3.8, 4) is 16.8 Å². The lowest BCUT2D eigenvalue weighted by Gasteiger charge is -2.32. The molecule has 2 aliphatic rings. The Hall–Kier alpha value is -4.02. The van der Waals surface area contributed by atoms with Crippen molar-refractivity contribution in [2.75, 3.05) is 56.4 Å². The molecule has 0 saturated carbocycles. The van der Waals surface area contributed by atoms with Crippen LogP contribution in [0.1, 0.15) is 48.8 Å². The Morgan fingerprint density at radius 3 is 2.44 bits per heavy atom. The van der Waals surface area contributed by atoms with E-state index in [0.29, 0.717) is 24.9 Å². The highest BCUT2D eigenvalue weighted by Crippen LogP contribution is 2.36. The topological polar surface area (TPSA) is 106 Å². The molecule has 41 heavy (non-hydrogen) atoms. The number of benzene rings is 1. The number of ether oxygens (including phenoxy) is 2. The second-order valence-corrected chi connectivity index (χ2v) is 11.0. The van der Waals surface area contributed by atoms with Crippen LogP contribution in [0.4, 0.5) is 11.5 Å². The summed E-state index contributed by atoms with van der Waals surface area (Å²) >= 11 is 0. The minimum Gasteiger partial charge on any atom is -0.477 e. The van der Waals surface area contributed by atoms with Gasteiger partial charge < -0.3 is 24.4 Å². The summed E-state index contributed by atoms with van der Waals surface area (Å²) < 4.78 is 12.8. The molecule has 1 aromatic carbocycles. The lowest BCUT2D eigenvalue weighted by Crippen LogP contribution is -2.37. The minimum atomic E-state index is -1.09. The molecular formula is C31H36N6O4. The van der Waals surface area contributed by atoms with Gasteiger partial charge in [-0.1, -0.05) is 19.9 Å². The first kappa shape index (κ1) is 27.2. The van der Waals surface area contributed by atoms with Gasteiger partial charge in [0.25, 0.3) is 0 Å². The average molecular weight is 557 g/mol. The van der Waals surface area contributed by atoms with Crippen LogP contribution < -0.4 is 9.80 Å². The number of nitrogens with zero attached hydrogens (tertiary/aromatic N) is 6. The van der Waals surface area contributed by atoms with Gasteiger partial charge in [-0.15, -0.1) is 0 Å². The molecule has 6 rings (SSSR count). The number of carbonyl (C=O) groups is 1. The van der Waals surface area contributed by atoms with Crippen molar-refractivity contribution < 1.29 is 19.4 Å². The summed E-state index contributed by atoms with van der Waals surface area (Å²) in [6.07, 6.45) is 3.76.